The summed E-state index contributed by atoms with van der Waals surface area (Å²) in [5.74, 6) is 0.369. The van der Waals surface area contributed by atoms with Crippen molar-refractivity contribution in [1.82, 2.24) is 24.8 Å². The molecule has 1 atom stereocenters. The number of carbonyl (C=O) groups excluding carboxylic acids is 1. The van der Waals surface area contributed by atoms with Crippen molar-refractivity contribution in [3.05, 3.63) is 47.5 Å². The molecule has 9 heteroatoms. The number of anilines is 1. The number of hydrogen-bond acceptors (Lipinski definition) is 6. The fourth-order valence-corrected chi connectivity index (χ4v) is 2.79. The molecule has 3 N–H and O–H groups in total. The van der Waals surface area contributed by atoms with E-state index in [0.29, 0.717) is 35.2 Å². The molecule has 0 aliphatic heterocycles. The monoisotopic (exact) mass is 388 g/mol. The Balaban J connectivity index is 1.39. The van der Waals surface area contributed by atoms with E-state index >= 15 is 0 Å². The van der Waals surface area contributed by atoms with Crippen molar-refractivity contribution in [2.45, 2.75) is 32.4 Å². The molecule has 0 aliphatic carbocycles. The smallest absolute Gasteiger partial charge is 0.407 e. The summed E-state index contributed by atoms with van der Waals surface area (Å²) in [5, 5.41) is 3.46. The van der Waals surface area contributed by atoms with Crippen LogP contribution in [-0.2, 0) is 11.3 Å². The molecule has 3 rings (SSSR count). The predicted molar refractivity (Wildman–Crippen MR) is 103 cm³/mol. The summed E-state index contributed by atoms with van der Waals surface area (Å²) in [6, 6.07) is 7.17. The van der Waals surface area contributed by atoms with Gasteiger partial charge in [0.1, 0.15) is 11.8 Å². The van der Waals surface area contributed by atoms with Gasteiger partial charge < -0.3 is 20.4 Å². The minimum absolute atomic E-state index is 0.155. The number of unbranched alkanes of at least 4 members (excludes halogenated alkanes) is 1. The topological polar surface area (TPSA) is 108 Å². The first-order valence-electron chi connectivity index (χ1n) is 8.64. The van der Waals surface area contributed by atoms with E-state index in [1.165, 1.54) is 6.33 Å². The van der Waals surface area contributed by atoms with E-state index in [1.807, 2.05) is 23.6 Å². The number of nitrogens with one attached hydrogen (secondary N) is 1. The average molecular weight is 389 g/mol. The van der Waals surface area contributed by atoms with Gasteiger partial charge in [-0.25, -0.2) is 19.7 Å². The van der Waals surface area contributed by atoms with E-state index < -0.39 is 6.09 Å². The van der Waals surface area contributed by atoms with Gasteiger partial charge in [-0.2, -0.15) is 0 Å². The van der Waals surface area contributed by atoms with Crippen LogP contribution < -0.4 is 11.1 Å². The minimum Gasteiger partial charge on any atom is -0.450 e. The highest BCUT2D eigenvalue weighted by Gasteiger charge is 2.11. The molecule has 0 aliphatic rings. The highest BCUT2D eigenvalue weighted by atomic mass is 35.5. The van der Waals surface area contributed by atoms with E-state index in [9.17, 15) is 4.79 Å². The first-order valence-corrected chi connectivity index (χ1v) is 9.02. The number of hydrogen-bond donors (Lipinski definition) is 2. The number of fused-ring (bicyclic) bond motifs is 1. The van der Waals surface area contributed by atoms with Crippen molar-refractivity contribution < 1.29 is 9.53 Å². The summed E-state index contributed by atoms with van der Waals surface area (Å²) in [7, 11) is 0. The van der Waals surface area contributed by atoms with Gasteiger partial charge in [0, 0.05) is 11.6 Å². The zero-order valence-corrected chi connectivity index (χ0v) is 15.7. The number of alkyl carbamates (subject to hydrolysis) is 1. The van der Waals surface area contributed by atoms with Gasteiger partial charge in [0.15, 0.2) is 11.5 Å². The quantitative estimate of drug-likeness (QED) is 0.601. The Labute approximate surface area is 161 Å². The number of rotatable bonds is 7. The lowest BCUT2D eigenvalue weighted by Crippen LogP contribution is -2.27. The Morgan fingerprint density at radius 1 is 1.26 bits per heavy atom. The van der Waals surface area contributed by atoms with Gasteiger partial charge in [-0.3, -0.25) is 0 Å². The van der Waals surface area contributed by atoms with Crippen LogP contribution in [0, 0.1) is 0 Å². The Morgan fingerprint density at radius 3 is 2.81 bits per heavy atom. The third-order valence-corrected chi connectivity index (χ3v) is 4.41. The van der Waals surface area contributed by atoms with Crippen molar-refractivity contribution >= 4 is 34.7 Å². The Kier molecular flexibility index (Phi) is 6.08. The van der Waals surface area contributed by atoms with E-state index in [2.05, 4.69) is 20.3 Å². The highest BCUT2D eigenvalue weighted by Crippen LogP contribution is 2.16. The van der Waals surface area contributed by atoms with E-state index in [-0.39, 0.29) is 6.04 Å². The molecule has 0 unspecified atom stereocenters. The van der Waals surface area contributed by atoms with Crippen molar-refractivity contribution in [3.63, 3.8) is 0 Å². The zero-order chi connectivity index (χ0) is 19.2. The van der Waals surface area contributed by atoms with Gasteiger partial charge in [0.2, 0.25) is 0 Å². The predicted octanol–water partition coefficient (Wildman–Crippen LogP) is 3.33. The molecule has 0 saturated carbocycles. The molecule has 27 heavy (non-hydrogen) atoms. The fourth-order valence-electron chi connectivity index (χ4n) is 2.66. The van der Waals surface area contributed by atoms with Gasteiger partial charge in [-0.05, 0) is 37.5 Å². The van der Waals surface area contributed by atoms with Gasteiger partial charge in [0.05, 0.1) is 19.0 Å². The molecule has 2 aromatic heterocycles. The fraction of sp³-hybridized carbons (Fsp3) is 0.333. The molecular formula is C18H21ClN6O2. The number of nitrogen functional groups attached to an aromatic ring is 1. The number of aromatic nitrogens is 4. The lowest BCUT2D eigenvalue weighted by atomic mass is 10.1. The van der Waals surface area contributed by atoms with Crippen molar-refractivity contribution in [2.24, 2.45) is 0 Å². The number of carbonyl (C=O) groups is 1. The van der Waals surface area contributed by atoms with Gasteiger partial charge in [0.25, 0.3) is 0 Å². The second-order valence-corrected chi connectivity index (χ2v) is 6.57. The van der Waals surface area contributed by atoms with Crippen LogP contribution in [0.4, 0.5) is 10.6 Å². The molecular weight excluding hydrogens is 368 g/mol. The van der Waals surface area contributed by atoms with Crippen LogP contribution in [0.25, 0.3) is 11.2 Å². The summed E-state index contributed by atoms with van der Waals surface area (Å²) < 4.78 is 7.15. The van der Waals surface area contributed by atoms with Gasteiger partial charge in [-0.15, -0.1) is 0 Å². The second-order valence-electron chi connectivity index (χ2n) is 6.13. The van der Waals surface area contributed by atoms with Crippen molar-refractivity contribution in [2.75, 3.05) is 12.3 Å². The Hall–Kier alpha value is -2.87. The molecule has 0 saturated heterocycles. The lowest BCUT2D eigenvalue weighted by Gasteiger charge is -2.14. The average Bonchev–Trinajstić information content (AvgIpc) is 3.06. The number of nitrogens with zero attached hydrogens (tertiary/aromatic N) is 4. The van der Waals surface area contributed by atoms with Crippen molar-refractivity contribution in [1.29, 1.82) is 0 Å². The first-order chi connectivity index (χ1) is 13.0. The van der Waals surface area contributed by atoms with Gasteiger partial charge >= 0.3 is 6.09 Å². The third kappa shape index (κ3) is 4.85. The molecule has 1 amide bonds. The molecule has 2 heterocycles. The maximum Gasteiger partial charge on any atom is 0.407 e. The number of amides is 1. The summed E-state index contributed by atoms with van der Waals surface area (Å²) in [6.07, 6.45) is 4.21. The molecule has 0 spiro atoms. The molecule has 0 fully saturated rings. The van der Waals surface area contributed by atoms with Crippen LogP contribution in [0.15, 0.2) is 36.9 Å². The largest absolute Gasteiger partial charge is 0.450 e. The highest BCUT2D eigenvalue weighted by molar-refractivity contribution is 6.30. The van der Waals surface area contributed by atoms with Crippen LogP contribution in [0.5, 0.6) is 0 Å². The van der Waals surface area contributed by atoms with Crippen LogP contribution in [-0.4, -0.2) is 32.2 Å². The molecule has 3 aromatic rings. The molecule has 1 aromatic carbocycles. The van der Waals surface area contributed by atoms with Crippen LogP contribution in [0.3, 0.4) is 0 Å². The zero-order valence-electron chi connectivity index (χ0n) is 14.9. The summed E-state index contributed by atoms with van der Waals surface area (Å²) in [6.45, 7) is 2.93. The third-order valence-electron chi connectivity index (χ3n) is 4.16. The molecule has 8 nitrogen and oxygen atoms in total. The van der Waals surface area contributed by atoms with E-state index in [4.69, 9.17) is 22.1 Å². The first kappa shape index (κ1) is 18.9. The SMILES string of the molecule is C[C@@H](NC(=O)OCCCCn1cnc2c(N)ncnc21)c1ccc(Cl)cc1. The standard InChI is InChI=1S/C18H21ClN6O2/c1-12(13-4-6-14(19)7-5-13)24-18(26)27-9-3-2-8-25-11-23-15-16(20)21-10-22-17(15)25/h4-7,10-12H,2-3,8-9H2,1H3,(H,24,26)(H2,20,21,22)/t12-/m1/s1. The lowest BCUT2D eigenvalue weighted by molar-refractivity contribution is 0.140. The Bertz CT molecular complexity index is 912. The summed E-state index contributed by atoms with van der Waals surface area (Å²) in [5.41, 5.74) is 8.04. The van der Waals surface area contributed by atoms with E-state index in [0.717, 1.165) is 18.4 Å². The van der Waals surface area contributed by atoms with Crippen LogP contribution in [0.2, 0.25) is 5.02 Å². The number of aryl methyl sites for hydroxylation is 1. The number of benzene rings is 1. The Morgan fingerprint density at radius 2 is 2.04 bits per heavy atom. The summed E-state index contributed by atoms with van der Waals surface area (Å²) >= 11 is 5.87. The van der Waals surface area contributed by atoms with Crippen LogP contribution >= 0.6 is 11.6 Å². The number of halogens is 1. The van der Waals surface area contributed by atoms with Crippen LogP contribution in [0.1, 0.15) is 31.4 Å². The normalized spacial score (nSPS) is 12.1. The number of nitrogens with two attached hydrogens (primary N) is 1. The van der Waals surface area contributed by atoms with Crippen molar-refractivity contribution in [3.8, 4) is 0 Å². The number of imidazole rings is 1. The van der Waals surface area contributed by atoms with Gasteiger partial charge in [-0.1, -0.05) is 23.7 Å². The number of ether oxygens (including phenoxy) is 1. The molecule has 0 radical (unpaired) electrons. The molecule has 142 valence electrons. The summed E-state index contributed by atoms with van der Waals surface area (Å²) in [4.78, 5) is 24.2. The second kappa shape index (κ2) is 8.68. The molecule has 0 bridgehead atoms. The maximum absolute atomic E-state index is 11.9. The minimum atomic E-state index is -0.439. The maximum atomic E-state index is 11.9. The van der Waals surface area contributed by atoms with E-state index in [1.54, 1.807) is 18.5 Å².